The second-order valence-corrected chi connectivity index (χ2v) is 7.32. The molecule has 1 aromatic carbocycles. The Morgan fingerprint density at radius 1 is 1.10 bits per heavy atom. The molecule has 29 heavy (non-hydrogen) atoms. The maximum Gasteiger partial charge on any atom is 0.416 e. The van der Waals surface area contributed by atoms with E-state index < -0.39 is 17.8 Å². The summed E-state index contributed by atoms with van der Waals surface area (Å²) in [5.41, 5.74) is 1.01. The summed E-state index contributed by atoms with van der Waals surface area (Å²) >= 11 is 0. The number of rotatable bonds is 2. The van der Waals surface area contributed by atoms with Crippen molar-refractivity contribution in [1.82, 2.24) is 20.0 Å². The highest BCUT2D eigenvalue weighted by atomic mass is 19.4. The zero-order chi connectivity index (χ0) is 20.8. The van der Waals surface area contributed by atoms with E-state index in [1.54, 1.807) is 11.0 Å². The molecule has 2 aliphatic rings. The number of likely N-dealkylation sites (tertiary alicyclic amines) is 1. The van der Waals surface area contributed by atoms with E-state index in [1.807, 2.05) is 0 Å². The third-order valence-electron chi connectivity index (χ3n) is 5.61. The predicted octanol–water partition coefficient (Wildman–Crippen LogP) is 3.44. The number of carboxylic acid groups (broad SMARTS) is 1. The van der Waals surface area contributed by atoms with Crippen molar-refractivity contribution in [1.29, 1.82) is 0 Å². The van der Waals surface area contributed by atoms with Gasteiger partial charge in [0.1, 0.15) is 0 Å². The van der Waals surface area contributed by atoms with Crippen molar-refractivity contribution in [3.63, 3.8) is 0 Å². The predicted molar refractivity (Wildman–Crippen MR) is 95.2 cm³/mol. The number of H-pyrrole nitrogens is 1. The van der Waals surface area contributed by atoms with Crippen LogP contribution in [0.4, 0.5) is 18.0 Å². The van der Waals surface area contributed by atoms with Gasteiger partial charge in [-0.25, -0.2) is 4.79 Å². The molecule has 2 aliphatic heterocycles. The number of halogens is 3. The number of aromatic amines is 1. The van der Waals surface area contributed by atoms with E-state index in [0.29, 0.717) is 37.2 Å². The summed E-state index contributed by atoms with van der Waals surface area (Å²) in [5.74, 6) is -0.596. The van der Waals surface area contributed by atoms with Gasteiger partial charge in [-0.05, 0) is 30.4 Å². The van der Waals surface area contributed by atoms with Crippen molar-refractivity contribution in [3.8, 4) is 0 Å². The molecule has 1 saturated heterocycles. The van der Waals surface area contributed by atoms with Crippen LogP contribution in [-0.4, -0.2) is 50.2 Å². The molecule has 2 amide bonds. The molecule has 4 rings (SSSR count). The number of benzene rings is 1. The smallest absolute Gasteiger partial charge is 0.416 e. The van der Waals surface area contributed by atoms with Crippen LogP contribution < -0.4 is 0 Å². The molecule has 1 aromatic heterocycles. The summed E-state index contributed by atoms with van der Waals surface area (Å²) in [6.07, 6.45) is -4.63. The van der Waals surface area contributed by atoms with E-state index >= 15 is 0 Å². The van der Waals surface area contributed by atoms with E-state index in [1.165, 1.54) is 17.0 Å². The SMILES string of the molecule is O=C(O)N1Cc2[nH]nc(C(=O)N3CCC(c4ccccc4C(F)(F)F)CC3)c2C1. The van der Waals surface area contributed by atoms with Gasteiger partial charge in [0.15, 0.2) is 5.69 Å². The van der Waals surface area contributed by atoms with Gasteiger partial charge in [-0.2, -0.15) is 18.3 Å². The second kappa shape index (κ2) is 7.09. The highest BCUT2D eigenvalue weighted by Gasteiger charge is 2.37. The van der Waals surface area contributed by atoms with Crippen LogP contribution in [0.5, 0.6) is 0 Å². The molecule has 0 spiro atoms. The monoisotopic (exact) mass is 408 g/mol. The van der Waals surface area contributed by atoms with Crippen LogP contribution in [0.1, 0.15) is 51.6 Å². The lowest BCUT2D eigenvalue weighted by Gasteiger charge is -2.33. The normalized spacial score (nSPS) is 17.5. The van der Waals surface area contributed by atoms with Crippen LogP contribution in [0.25, 0.3) is 0 Å². The van der Waals surface area contributed by atoms with E-state index in [-0.39, 0.29) is 36.2 Å². The lowest BCUT2D eigenvalue weighted by molar-refractivity contribution is -0.138. The Bertz CT molecular complexity index is 948. The first-order chi connectivity index (χ1) is 13.8. The fourth-order valence-electron chi connectivity index (χ4n) is 4.11. The van der Waals surface area contributed by atoms with Gasteiger partial charge in [0, 0.05) is 18.7 Å². The molecule has 0 bridgehead atoms. The third kappa shape index (κ3) is 3.54. The third-order valence-corrected chi connectivity index (χ3v) is 5.61. The van der Waals surface area contributed by atoms with Gasteiger partial charge in [0.2, 0.25) is 0 Å². The number of hydrogen-bond donors (Lipinski definition) is 2. The van der Waals surface area contributed by atoms with E-state index in [9.17, 15) is 22.8 Å². The van der Waals surface area contributed by atoms with Crippen LogP contribution in [0.15, 0.2) is 24.3 Å². The highest BCUT2D eigenvalue weighted by Crippen LogP contribution is 2.39. The summed E-state index contributed by atoms with van der Waals surface area (Å²) in [6, 6.07) is 5.58. The van der Waals surface area contributed by atoms with Crippen molar-refractivity contribution in [3.05, 3.63) is 52.3 Å². The number of nitrogens with zero attached hydrogens (tertiary/aromatic N) is 3. The fraction of sp³-hybridized carbons (Fsp3) is 0.421. The maximum absolute atomic E-state index is 13.3. The number of hydrogen-bond acceptors (Lipinski definition) is 3. The summed E-state index contributed by atoms with van der Waals surface area (Å²) in [4.78, 5) is 26.8. The molecule has 3 heterocycles. The van der Waals surface area contributed by atoms with Crippen molar-refractivity contribution >= 4 is 12.0 Å². The minimum absolute atomic E-state index is 0.0949. The highest BCUT2D eigenvalue weighted by molar-refractivity contribution is 5.94. The number of amides is 2. The number of piperidine rings is 1. The first-order valence-electron chi connectivity index (χ1n) is 9.25. The van der Waals surface area contributed by atoms with Crippen LogP contribution >= 0.6 is 0 Å². The van der Waals surface area contributed by atoms with Crippen LogP contribution in [0.3, 0.4) is 0 Å². The molecule has 0 radical (unpaired) electrons. The fourth-order valence-corrected chi connectivity index (χ4v) is 4.11. The maximum atomic E-state index is 13.3. The molecule has 2 aromatic rings. The number of alkyl halides is 3. The summed E-state index contributed by atoms with van der Waals surface area (Å²) < 4.78 is 39.9. The number of fused-ring (bicyclic) bond motifs is 1. The first-order valence-corrected chi connectivity index (χ1v) is 9.25. The lowest BCUT2D eigenvalue weighted by Crippen LogP contribution is -2.39. The van der Waals surface area contributed by atoms with Gasteiger partial charge < -0.3 is 10.0 Å². The van der Waals surface area contributed by atoms with Crippen LogP contribution in [0, 0.1) is 0 Å². The van der Waals surface area contributed by atoms with Gasteiger partial charge in [-0.15, -0.1) is 0 Å². The Morgan fingerprint density at radius 3 is 2.45 bits per heavy atom. The molecular weight excluding hydrogens is 389 g/mol. The van der Waals surface area contributed by atoms with Crippen molar-refractivity contribution < 1.29 is 27.9 Å². The molecule has 7 nitrogen and oxygen atoms in total. The first kappa shape index (κ1) is 19.3. The molecule has 0 saturated carbocycles. The Labute approximate surface area is 164 Å². The van der Waals surface area contributed by atoms with Gasteiger partial charge >= 0.3 is 12.3 Å². The zero-order valence-corrected chi connectivity index (χ0v) is 15.4. The Morgan fingerprint density at radius 2 is 1.79 bits per heavy atom. The van der Waals surface area contributed by atoms with Gasteiger partial charge in [0.25, 0.3) is 5.91 Å². The van der Waals surface area contributed by atoms with Crippen LogP contribution in [0.2, 0.25) is 0 Å². The number of carbonyl (C=O) groups is 2. The summed E-state index contributed by atoms with van der Waals surface area (Å²) in [5, 5.41) is 15.9. The minimum atomic E-state index is -4.41. The average Bonchev–Trinajstić information content (AvgIpc) is 3.28. The second-order valence-electron chi connectivity index (χ2n) is 7.32. The number of carbonyl (C=O) groups excluding carboxylic acids is 1. The largest absolute Gasteiger partial charge is 0.465 e. The lowest BCUT2D eigenvalue weighted by atomic mass is 9.86. The van der Waals surface area contributed by atoms with Gasteiger partial charge in [-0.1, -0.05) is 18.2 Å². The van der Waals surface area contributed by atoms with E-state index in [0.717, 1.165) is 6.07 Å². The molecule has 10 heteroatoms. The minimum Gasteiger partial charge on any atom is -0.465 e. The average molecular weight is 408 g/mol. The number of nitrogens with one attached hydrogen (secondary N) is 1. The van der Waals surface area contributed by atoms with Crippen molar-refractivity contribution in [2.24, 2.45) is 0 Å². The number of aromatic nitrogens is 2. The Hall–Kier alpha value is -3.04. The van der Waals surface area contributed by atoms with Gasteiger partial charge in [-0.3, -0.25) is 14.8 Å². The molecule has 0 atom stereocenters. The molecule has 0 unspecified atom stereocenters. The van der Waals surface area contributed by atoms with Gasteiger partial charge in [0.05, 0.1) is 24.3 Å². The van der Waals surface area contributed by atoms with Crippen molar-refractivity contribution in [2.45, 2.75) is 38.0 Å². The van der Waals surface area contributed by atoms with E-state index in [4.69, 9.17) is 5.11 Å². The molecule has 1 fully saturated rings. The molecule has 0 aliphatic carbocycles. The van der Waals surface area contributed by atoms with Crippen LogP contribution in [-0.2, 0) is 19.3 Å². The topological polar surface area (TPSA) is 89.5 Å². The summed E-state index contributed by atoms with van der Waals surface area (Å²) in [6.45, 7) is 0.888. The molecule has 154 valence electrons. The standard InChI is InChI=1S/C19H19F3N4O3/c20-19(21,22)14-4-2-1-3-12(14)11-5-7-25(8-6-11)17(27)16-13-9-26(18(28)29)10-15(13)23-24-16/h1-4,11H,5-10H2,(H,23,24)(H,28,29). The molecule has 2 N–H and O–H groups in total. The van der Waals surface area contributed by atoms with Crippen molar-refractivity contribution in [2.75, 3.05) is 13.1 Å². The molecular formula is C19H19F3N4O3. The summed E-state index contributed by atoms with van der Waals surface area (Å²) in [7, 11) is 0. The Kier molecular flexibility index (Phi) is 4.71. The Balaban J connectivity index is 1.46. The van der Waals surface area contributed by atoms with E-state index in [2.05, 4.69) is 10.2 Å². The quantitative estimate of drug-likeness (QED) is 0.797. The zero-order valence-electron chi connectivity index (χ0n) is 15.4.